The molecule has 3 aromatic rings. The number of aromatic nitrogens is 6. The van der Waals surface area contributed by atoms with Gasteiger partial charge in [0, 0.05) is 13.0 Å². The first kappa shape index (κ1) is 23.3. The Bertz CT molecular complexity index is 1200. The minimum atomic E-state index is -0.748. The monoisotopic (exact) mass is 481 g/mol. The van der Waals surface area contributed by atoms with Crippen molar-refractivity contribution in [2.24, 2.45) is 18.9 Å². The van der Waals surface area contributed by atoms with Gasteiger partial charge in [0.2, 0.25) is 5.89 Å². The quantitative estimate of drug-likeness (QED) is 0.489. The van der Waals surface area contributed by atoms with Crippen LogP contribution in [-0.2, 0) is 18.4 Å². The van der Waals surface area contributed by atoms with Crippen molar-refractivity contribution < 1.29 is 19.2 Å². The lowest BCUT2D eigenvalue weighted by molar-refractivity contribution is -0.143. The van der Waals surface area contributed by atoms with E-state index in [0.29, 0.717) is 60.2 Å². The summed E-state index contributed by atoms with van der Waals surface area (Å²) in [5, 5.41) is 25.1. The molecular weight excluding hydrogens is 450 g/mol. The lowest BCUT2D eigenvalue weighted by atomic mass is 9.76. The Kier molecular flexibility index (Phi) is 6.40. The van der Waals surface area contributed by atoms with E-state index in [1.165, 1.54) is 0 Å². The molecule has 11 nitrogen and oxygen atoms in total. The van der Waals surface area contributed by atoms with Gasteiger partial charge >= 0.3 is 5.97 Å². The second-order valence-electron chi connectivity index (χ2n) is 9.81. The van der Waals surface area contributed by atoms with Crippen molar-refractivity contribution in [3.8, 4) is 17.1 Å². The standard InChI is InChI=1S/C24H31N7O4/c1-13-9-16(10-13)22-27-24(29-35-22)25-12-19-21(28-30-31(19)3)18-7-8-20(14(2)26-18)34-17-6-4-5-15(11-17)23(32)33/h7-8,13,15-17H,4-6,9-12H2,1-3H3,(H,25,29)(H,32,33)/t13?,15-,16?,17-/m0/s1. The molecule has 2 aliphatic carbocycles. The summed E-state index contributed by atoms with van der Waals surface area (Å²) in [7, 11) is 1.83. The molecule has 2 N–H and O–H groups in total. The number of rotatable bonds is 8. The Morgan fingerprint density at radius 2 is 2.09 bits per heavy atom. The second kappa shape index (κ2) is 9.63. The highest BCUT2D eigenvalue weighted by atomic mass is 16.5. The van der Waals surface area contributed by atoms with E-state index in [4.69, 9.17) is 14.2 Å². The van der Waals surface area contributed by atoms with Gasteiger partial charge in [-0.15, -0.1) is 5.10 Å². The smallest absolute Gasteiger partial charge is 0.306 e. The van der Waals surface area contributed by atoms with Gasteiger partial charge in [0.15, 0.2) is 0 Å². The van der Waals surface area contributed by atoms with Crippen LogP contribution in [-0.4, -0.2) is 47.3 Å². The summed E-state index contributed by atoms with van der Waals surface area (Å²) in [4.78, 5) is 20.6. The highest BCUT2D eigenvalue weighted by Crippen LogP contribution is 2.40. The van der Waals surface area contributed by atoms with Gasteiger partial charge in [-0.1, -0.05) is 12.1 Å². The molecule has 0 saturated heterocycles. The van der Waals surface area contributed by atoms with Crippen LogP contribution in [0.2, 0.25) is 0 Å². The summed E-state index contributed by atoms with van der Waals surface area (Å²) in [5.41, 5.74) is 2.91. The van der Waals surface area contributed by atoms with Crippen LogP contribution >= 0.6 is 0 Å². The number of nitrogens with zero attached hydrogens (tertiary/aromatic N) is 6. The van der Waals surface area contributed by atoms with Crippen LogP contribution in [0.25, 0.3) is 11.4 Å². The maximum atomic E-state index is 11.4. The van der Waals surface area contributed by atoms with Crippen molar-refractivity contribution in [1.82, 2.24) is 30.1 Å². The molecule has 5 rings (SSSR count). The third-order valence-electron chi connectivity index (χ3n) is 7.07. The Balaban J connectivity index is 1.26. The van der Waals surface area contributed by atoms with Crippen LogP contribution in [0.15, 0.2) is 16.7 Å². The highest BCUT2D eigenvalue weighted by molar-refractivity contribution is 5.70. The number of aryl methyl sites for hydroxylation is 2. The van der Waals surface area contributed by atoms with E-state index < -0.39 is 5.97 Å². The van der Waals surface area contributed by atoms with E-state index >= 15 is 0 Å². The van der Waals surface area contributed by atoms with Gasteiger partial charge in [-0.3, -0.25) is 4.79 Å². The number of carbonyl (C=O) groups is 1. The zero-order valence-electron chi connectivity index (χ0n) is 20.3. The van der Waals surface area contributed by atoms with Gasteiger partial charge in [-0.05, 0) is 68.7 Å². The minimum Gasteiger partial charge on any atom is -0.489 e. The number of aliphatic carboxylic acids is 1. The van der Waals surface area contributed by atoms with Gasteiger partial charge in [-0.2, -0.15) is 4.98 Å². The van der Waals surface area contributed by atoms with E-state index in [9.17, 15) is 9.90 Å². The molecule has 0 spiro atoms. The Labute approximate surface area is 203 Å². The zero-order valence-corrected chi connectivity index (χ0v) is 20.3. The van der Waals surface area contributed by atoms with E-state index in [2.05, 4.69) is 32.7 Å². The SMILES string of the molecule is Cc1nc(-c2nnn(C)c2CNc2noc(C3CC(C)C3)n2)ccc1O[C@H]1CCC[C@H](C(=O)O)C1. The largest absolute Gasteiger partial charge is 0.489 e. The predicted molar refractivity (Wildman–Crippen MR) is 126 cm³/mol. The van der Waals surface area contributed by atoms with Gasteiger partial charge in [0.25, 0.3) is 5.95 Å². The first-order valence-corrected chi connectivity index (χ1v) is 12.2. The van der Waals surface area contributed by atoms with Crippen LogP contribution in [0.3, 0.4) is 0 Å². The fourth-order valence-corrected chi connectivity index (χ4v) is 4.97. The zero-order chi connectivity index (χ0) is 24.5. The average molecular weight is 482 g/mol. The molecule has 0 bridgehead atoms. The van der Waals surface area contributed by atoms with Crippen molar-refractivity contribution in [3.05, 3.63) is 29.4 Å². The lowest BCUT2D eigenvalue weighted by Crippen LogP contribution is -2.29. The number of ether oxygens (including phenoxy) is 1. The first-order chi connectivity index (χ1) is 16.9. The summed E-state index contributed by atoms with van der Waals surface area (Å²) in [6.45, 7) is 4.52. The molecule has 186 valence electrons. The van der Waals surface area contributed by atoms with Crippen molar-refractivity contribution in [1.29, 1.82) is 0 Å². The third kappa shape index (κ3) is 4.98. The number of hydrogen-bond donors (Lipinski definition) is 2. The van der Waals surface area contributed by atoms with E-state index in [0.717, 1.165) is 37.1 Å². The van der Waals surface area contributed by atoms with Crippen LogP contribution in [0.4, 0.5) is 5.95 Å². The number of nitrogens with one attached hydrogen (secondary N) is 1. The van der Waals surface area contributed by atoms with Crippen LogP contribution in [0.1, 0.15) is 68.6 Å². The molecular formula is C24H31N7O4. The maximum absolute atomic E-state index is 11.4. The van der Waals surface area contributed by atoms with E-state index in [-0.39, 0.29) is 12.0 Å². The molecule has 3 aromatic heterocycles. The molecule has 0 unspecified atom stereocenters. The van der Waals surface area contributed by atoms with Gasteiger partial charge < -0.3 is 19.7 Å². The molecule has 35 heavy (non-hydrogen) atoms. The second-order valence-corrected chi connectivity index (χ2v) is 9.81. The number of anilines is 1. The fraction of sp³-hybridized carbons (Fsp3) is 0.583. The third-order valence-corrected chi connectivity index (χ3v) is 7.07. The van der Waals surface area contributed by atoms with Crippen LogP contribution in [0, 0.1) is 18.8 Å². The molecule has 2 atom stereocenters. The van der Waals surface area contributed by atoms with Crippen LogP contribution < -0.4 is 10.1 Å². The normalized spacial score (nSPS) is 24.1. The maximum Gasteiger partial charge on any atom is 0.306 e. The average Bonchev–Trinajstić information content (AvgIpc) is 3.43. The van der Waals surface area contributed by atoms with Crippen molar-refractivity contribution >= 4 is 11.9 Å². The number of pyridine rings is 1. The summed E-state index contributed by atoms with van der Waals surface area (Å²) >= 11 is 0. The molecule has 11 heteroatoms. The highest BCUT2D eigenvalue weighted by Gasteiger charge is 2.31. The van der Waals surface area contributed by atoms with Gasteiger partial charge in [0.1, 0.15) is 11.4 Å². The molecule has 0 aliphatic heterocycles. The Hall–Kier alpha value is -3.50. The molecule has 2 fully saturated rings. The first-order valence-electron chi connectivity index (χ1n) is 12.2. The topological polar surface area (TPSA) is 141 Å². The van der Waals surface area contributed by atoms with Gasteiger partial charge in [-0.25, -0.2) is 9.67 Å². The fourth-order valence-electron chi connectivity index (χ4n) is 4.97. The van der Waals surface area contributed by atoms with Crippen molar-refractivity contribution in [3.63, 3.8) is 0 Å². The summed E-state index contributed by atoms with van der Waals surface area (Å²) in [6, 6.07) is 3.73. The molecule has 3 heterocycles. The number of carboxylic acid groups (broad SMARTS) is 1. The molecule has 2 saturated carbocycles. The summed E-state index contributed by atoms with van der Waals surface area (Å²) in [5.74, 6) is 1.78. The number of carboxylic acids is 1. The minimum absolute atomic E-state index is 0.115. The van der Waals surface area contributed by atoms with Crippen LogP contribution in [0.5, 0.6) is 5.75 Å². The van der Waals surface area contributed by atoms with E-state index in [1.54, 1.807) is 4.68 Å². The van der Waals surface area contributed by atoms with E-state index in [1.807, 2.05) is 26.1 Å². The molecule has 0 aromatic carbocycles. The summed E-state index contributed by atoms with van der Waals surface area (Å²) in [6.07, 6.45) is 4.99. The summed E-state index contributed by atoms with van der Waals surface area (Å²) < 4.78 is 13.3. The predicted octanol–water partition coefficient (Wildman–Crippen LogP) is 3.72. The lowest BCUT2D eigenvalue weighted by Gasteiger charge is -2.29. The van der Waals surface area contributed by atoms with Gasteiger partial charge in [0.05, 0.1) is 35.6 Å². The Morgan fingerprint density at radius 1 is 1.26 bits per heavy atom. The molecule has 0 radical (unpaired) electrons. The Morgan fingerprint density at radius 3 is 2.83 bits per heavy atom. The molecule has 2 aliphatic rings. The van der Waals surface area contributed by atoms with Crippen molar-refractivity contribution in [2.45, 2.75) is 70.9 Å². The van der Waals surface area contributed by atoms with Crippen molar-refractivity contribution in [2.75, 3.05) is 5.32 Å². The molecule has 0 amide bonds. The number of hydrogen-bond acceptors (Lipinski definition) is 9.